The Morgan fingerprint density at radius 1 is 0.423 bits per heavy atom. The average Bonchev–Trinajstić information content (AvgIpc) is 4.11. The van der Waals surface area contributed by atoms with Gasteiger partial charge in [-0.15, -0.1) is 0 Å². The van der Waals surface area contributed by atoms with Crippen molar-refractivity contribution in [3.8, 4) is 0 Å². The molecule has 30 nitrogen and oxygen atoms in total. The van der Waals surface area contributed by atoms with Gasteiger partial charge in [-0.1, -0.05) is 37.1 Å². The summed E-state index contributed by atoms with van der Waals surface area (Å²) in [6.45, 7) is 9.61. The van der Waals surface area contributed by atoms with Gasteiger partial charge in [-0.2, -0.15) is 0 Å². The normalized spacial score (nSPS) is 13.3. The van der Waals surface area contributed by atoms with E-state index in [-0.39, 0.29) is 103 Å². The van der Waals surface area contributed by atoms with E-state index in [1.54, 1.807) is 0 Å². The third-order valence-electron chi connectivity index (χ3n) is 6.59. The van der Waals surface area contributed by atoms with Crippen molar-refractivity contribution < 1.29 is 148 Å². The number of rotatable bonds is 10. The SMILES string of the molecule is C.C.C.C.C.O.O.O=C(O)C1CCC(C(=O)O)O1.O=C(O)C1CCCO1.O=C(O)c1ccc(C(=O)O)o1.O=C(O)c1ccc(C(=O)O)o1.O=C(O)c1ccc(C(=O)O)o1.O=C(O)c1ccco1.[C-]#[O+].[C-]#[O+].[HH]. The van der Waals surface area contributed by atoms with Crippen LogP contribution < -0.4 is 0 Å². The predicted octanol–water partition coefficient (Wildman–Crippen LogP) is 4.66. The standard InChI is InChI=1S/C6H8O5.3C6H4O5.C5H8O3.C5H4O3.2CO.5CH4.2H2O.H2/c4*7-5(8)3-1-2-4(11-3)6(9)10;2*6-5(7)4-2-1-3-8-4;2*1-2;;;;;;;;/h3-4H,1-2H2,(H,7,8)(H,9,10);3*1-2H,(H,7,8)(H,9,10);4H,1-3H2,(H,6,7);1-3H,(H,6,7);;;5*1H4;2*1H2;1H. The molecule has 2 aliphatic heterocycles. The summed E-state index contributed by atoms with van der Waals surface area (Å²) in [5.41, 5.74) is 0. The summed E-state index contributed by atoms with van der Waals surface area (Å²) < 4.78 is 42.2. The van der Waals surface area contributed by atoms with Crippen LogP contribution in [-0.2, 0) is 33.2 Å². The molecule has 3 unspecified atom stereocenters. The summed E-state index contributed by atoms with van der Waals surface area (Å²) in [4.78, 5) is 101. The number of carboxylic acids is 10. The van der Waals surface area contributed by atoms with Gasteiger partial charge in [-0.3, -0.25) is 0 Å². The smallest absolute Gasteiger partial charge is 0 e. The first-order valence-electron chi connectivity index (χ1n) is 16.4. The van der Waals surface area contributed by atoms with E-state index in [0.717, 1.165) is 42.8 Å². The van der Waals surface area contributed by atoms with Crippen molar-refractivity contribution in [2.24, 2.45) is 0 Å². The topological polar surface area (TPSA) is 547 Å². The zero-order valence-electron chi connectivity index (χ0n) is 32.8. The third-order valence-corrected chi connectivity index (χ3v) is 6.59. The largest absolute Gasteiger partial charge is 0 e. The summed E-state index contributed by atoms with van der Waals surface area (Å²) in [5.74, 6) is -14.0. The molecule has 4 aromatic rings. The summed E-state index contributed by atoms with van der Waals surface area (Å²) in [7, 11) is 0. The monoisotopic (exact) mass is 1030 g/mol. The molecule has 0 aliphatic carbocycles. The molecule has 6 rings (SSSR count). The van der Waals surface area contributed by atoms with Crippen molar-refractivity contribution in [3.05, 3.63) is 108 Å². The van der Waals surface area contributed by atoms with Crippen LogP contribution in [-0.4, -0.2) is 147 Å². The van der Waals surface area contributed by atoms with Crippen molar-refractivity contribution in [1.29, 1.82) is 0 Å². The fourth-order valence-corrected chi connectivity index (χ4v) is 3.88. The number of hydrogen-bond acceptors (Lipinski definition) is 16. The Hall–Kier alpha value is -8.86. The van der Waals surface area contributed by atoms with E-state index in [0.29, 0.717) is 13.0 Å². The molecule has 4 aromatic heterocycles. The Kier molecular flexibility index (Phi) is 50.6. The molecule has 402 valence electrons. The molecular formula is C41H58O30. The number of aromatic carboxylic acids is 7. The number of furan rings is 4. The van der Waals surface area contributed by atoms with Crippen molar-refractivity contribution in [2.45, 2.75) is 81.1 Å². The molecule has 0 bridgehead atoms. The van der Waals surface area contributed by atoms with Crippen molar-refractivity contribution >= 4 is 59.7 Å². The summed E-state index contributed by atoms with van der Waals surface area (Å²) in [6.07, 6.45) is 1.07. The molecule has 0 saturated carbocycles. The Morgan fingerprint density at radius 3 is 0.789 bits per heavy atom. The molecule has 3 atom stereocenters. The zero-order chi connectivity index (χ0) is 49.7. The van der Waals surface area contributed by atoms with E-state index < -0.39 is 78.0 Å². The second-order valence-corrected chi connectivity index (χ2v) is 10.8. The van der Waals surface area contributed by atoms with Crippen LogP contribution in [0.15, 0.2) is 72.5 Å². The van der Waals surface area contributed by atoms with Gasteiger partial charge in [0.1, 0.15) is 0 Å². The minimum atomic E-state index is -1.28. The van der Waals surface area contributed by atoms with Gasteiger partial charge in [0.25, 0.3) is 0 Å². The van der Waals surface area contributed by atoms with Crippen LogP contribution in [0.1, 0.15) is 138 Å². The Bertz CT molecular complexity index is 1960. The summed E-state index contributed by atoms with van der Waals surface area (Å²) >= 11 is 0. The van der Waals surface area contributed by atoms with Crippen LogP contribution >= 0.6 is 0 Å². The molecule has 6 heterocycles. The van der Waals surface area contributed by atoms with Crippen molar-refractivity contribution in [1.82, 2.24) is 0 Å². The zero-order valence-corrected chi connectivity index (χ0v) is 32.8. The molecular weight excluding hydrogens is 972 g/mol. The van der Waals surface area contributed by atoms with Crippen LogP contribution in [0.4, 0.5) is 0 Å². The van der Waals surface area contributed by atoms with E-state index >= 15 is 0 Å². The molecule has 0 aromatic carbocycles. The fourth-order valence-electron chi connectivity index (χ4n) is 3.88. The number of aliphatic carboxylic acids is 3. The van der Waals surface area contributed by atoms with Crippen molar-refractivity contribution in [2.75, 3.05) is 6.61 Å². The number of carbonyl (C=O) groups is 10. The maximum Gasteiger partial charge on any atom is 0 e. The third kappa shape index (κ3) is 32.5. The van der Waals surface area contributed by atoms with Crippen LogP contribution in [0, 0.1) is 13.3 Å². The van der Waals surface area contributed by atoms with Gasteiger partial charge in [-0.05, 0) is 74.2 Å². The predicted molar refractivity (Wildman–Crippen MR) is 234 cm³/mol. The minimum Gasteiger partial charge on any atom is 0 e. The van der Waals surface area contributed by atoms with Crippen molar-refractivity contribution in [3.63, 3.8) is 0 Å². The molecule has 30 heteroatoms. The second-order valence-electron chi connectivity index (χ2n) is 10.8. The fraction of sp³-hybridized carbons (Fsp3) is 0.317. The first kappa shape index (κ1) is 82.3. The summed E-state index contributed by atoms with van der Waals surface area (Å²) in [6, 6.07) is 9.46. The van der Waals surface area contributed by atoms with E-state index in [2.05, 4.69) is 35.7 Å². The van der Waals surface area contributed by atoms with Gasteiger partial charge in [0, 0.05) is 8.03 Å². The van der Waals surface area contributed by atoms with Gasteiger partial charge in [-0.25, -0.2) is 47.9 Å². The van der Waals surface area contributed by atoms with Crippen LogP contribution in [0.5, 0.6) is 0 Å². The number of carboxylic acid groups (broad SMARTS) is 10. The first-order valence-corrected chi connectivity index (χ1v) is 16.4. The van der Waals surface area contributed by atoms with Gasteiger partial charge in [0.2, 0.25) is 40.3 Å². The van der Waals surface area contributed by atoms with Gasteiger partial charge in [0.15, 0.2) is 18.3 Å². The number of ether oxygens (including phenoxy) is 2. The van der Waals surface area contributed by atoms with Gasteiger partial charge in [0.05, 0.1) is 6.26 Å². The molecule has 14 N–H and O–H groups in total. The molecule has 0 amide bonds. The maximum absolute atomic E-state index is 10.3. The summed E-state index contributed by atoms with van der Waals surface area (Å²) in [5, 5.41) is 83.0. The molecule has 2 saturated heterocycles. The van der Waals surface area contributed by atoms with E-state index in [9.17, 15) is 47.9 Å². The Balaban J connectivity index is -0.0000000775. The van der Waals surface area contributed by atoms with Crippen LogP contribution in [0.2, 0.25) is 0 Å². The molecule has 2 fully saturated rings. The van der Waals surface area contributed by atoms with Crippen LogP contribution in [0.25, 0.3) is 0 Å². The number of hydrogen-bond donors (Lipinski definition) is 10. The first-order chi connectivity index (χ1) is 30.0. The Morgan fingerprint density at radius 2 is 0.676 bits per heavy atom. The maximum atomic E-state index is 10.3. The van der Waals surface area contributed by atoms with E-state index in [1.165, 1.54) is 18.4 Å². The quantitative estimate of drug-likeness (QED) is 0.0762. The molecule has 0 spiro atoms. The minimum absolute atomic E-state index is 0. The van der Waals surface area contributed by atoms with Gasteiger partial charge < -0.3 is 89.2 Å². The van der Waals surface area contributed by atoms with E-state index in [4.69, 9.17) is 65.1 Å². The van der Waals surface area contributed by atoms with Gasteiger partial charge >= 0.3 is 82.3 Å². The molecule has 2 aliphatic rings. The molecule has 0 radical (unpaired) electrons. The Labute approximate surface area is 403 Å². The molecule has 71 heavy (non-hydrogen) atoms. The second kappa shape index (κ2) is 43.7. The van der Waals surface area contributed by atoms with E-state index in [1.807, 2.05) is 0 Å². The van der Waals surface area contributed by atoms with Crippen LogP contribution in [0.3, 0.4) is 0 Å². The average molecular weight is 1030 g/mol.